The lowest BCUT2D eigenvalue weighted by Gasteiger charge is -2.06. The van der Waals surface area contributed by atoms with Gasteiger partial charge in [0.15, 0.2) is 0 Å². The Balaban J connectivity index is 1.88. The number of nitrogens with two attached hydrogens (primary N) is 1. The van der Waals surface area contributed by atoms with Gasteiger partial charge in [-0.1, -0.05) is 12.1 Å². The van der Waals surface area contributed by atoms with Gasteiger partial charge in [-0.2, -0.15) is 0 Å². The Morgan fingerprint density at radius 1 is 1.16 bits per heavy atom. The third-order valence-electron chi connectivity index (χ3n) is 2.43. The number of carbonyl (C=O) groups excluding carboxylic acids is 1. The van der Waals surface area contributed by atoms with Crippen LogP contribution in [-0.4, -0.2) is 16.8 Å². The molecule has 5 heteroatoms. The number of rotatable bonds is 4. The number of hydrogen-bond donors (Lipinski definition) is 3. The van der Waals surface area contributed by atoms with Crippen LogP contribution in [0.5, 0.6) is 5.75 Å². The summed E-state index contributed by atoms with van der Waals surface area (Å²) in [4.78, 5) is 12.6. The number of phenolic OH excluding ortho intramolecular Hbond substituents is 1. The Labute approximate surface area is 115 Å². The van der Waals surface area contributed by atoms with Crippen LogP contribution in [0.25, 0.3) is 0 Å². The molecule has 2 aromatic carbocycles. The van der Waals surface area contributed by atoms with Crippen molar-refractivity contribution < 1.29 is 9.90 Å². The lowest BCUT2D eigenvalue weighted by molar-refractivity contribution is -0.113. The van der Waals surface area contributed by atoms with Crippen LogP contribution in [-0.2, 0) is 4.79 Å². The van der Waals surface area contributed by atoms with E-state index in [1.807, 2.05) is 18.2 Å². The second kappa shape index (κ2) is 6.15. The van der Waals surface area contributed by atoms with E-state index in [4.69, 9.17) is 10.8 Å². The van der Waals surface area contributed by atoms with Crippen LogP contribution < -0.4 is 11.1 Å². The van der Waals surface area contributed by atoms with E-state index in [-0.39, 0.29) is 17.4 Å². The number of nitrogen functional groups attached to an aromatic ring is 1. The third-order valence-corrected chi connectivity index (χ3v) is 3.52. The minimum atomic E-state index is -0.112. The van der Waals surface area contributed by atoms with Crippen molar-refractivity contribution in [2.45, 2.75) is 4.90 Å². The number of phenols is 1. The standard InChI is InChI=1S/C14H14N2O2S/c15-12-3-1-2-4-13(12)19-9-14(18)16-10-5-7-11(17)8-6-10/h1-8,17H,9,15H2,(H,16,18). The van der Waals surface area contributed by atoms with Gasteiger partial charge in [-0.3, -0.25) is 4.79 Å². The van der Waals surface area contributed by atoms with Gasteiger partial charge in [0.25, 0.3) is 0 Å². The first-order valence-corrected chi connectivity index (χ1v) is 6.70. The highest BCUT2D eigenvalue weighted by molar-refractivity contribution is 8.00. The third kappa shape index (κ3) is 3.93. The average molecular weight is 274 g/mol. The van der Waals surface area contributed by atoms with Gasteiger partial charge in [0.05, 0.1) is 5.75 Å². The molecule has 19 heavy (non-hydrogen) atoms. The monoisotopic (exact) mass is 274 g/mol. The quantitative estimate of drug-likeness (QED) is 0.455. The summed E-state index contributed by atoms with van der Waals surface area (Å²) in [6.07, 6.45) is 0. The molecule has 0 aliphatic carbocycles. The first-order valence-electron chi connectivity index (χ1n) is 5.71. The molecular formula is C14H14N2O2S. The number of anilines is 2. The number of carbonyl (C=O) groups is 1. The lowest BCUT2D eigenvalue weighted by Crippen LogP contribution is -2.13. The molecule has 0 saturated heterocycles. The van der Waals surface area contributed by atoms with Crippen LogP contribution >= 0.6 is 11.8 Å². The van der Waals surface area contributed by atoms with Gasteiger partial charge in [-0.25, -0.2) is 0 Å². The molecule has 0 aliphatic heterocycles. The Morgan fingerprint density at radius 2 is 1.84 bits per heavy atom. The first-order chi connectivity index (χ1) is 9.15. The second-order valence-corrected chi connectivity index (χ2v) is 4.94. The molecule has 0 radical (unpaired) electrons. The summed E-state index contributed by atoms with van der Waals surface area (Å²) in [6.45, 7) is 0. The van der Waals surface area contributed by atoms with Crippen molar-refractivity contribution in [3.05, 3.63) is 48.5 Å². The van der Waals surface area contributed by atoms with E-state index >= 15 is 0 Å². The fourth-order valence-electron chi connectivity index (χ4n) is 1.50. The molecular weight excluding hydrogens is 260 g/mol. The minimum Gasteiger partial charge on any atom is -0.508 e. The molecule has 98 valence electrons. The summed E-state index contributed by atoms with van der Waals surface area (Å²) in [5.41, 5.74) is 7.12. The van der Waals surface area contributed by atoms with E-state index in [1.54, 1.807) is 18.2 Å². The zero-order valence-corrected chi connectivity index (χ0v) is 11.0. The van der Waals surface area contributed by atoms with E-state index in [0.717, 1.165) is 4.90 Å². The van der Waals surface area contributed by atoms with Crippen LogP contribution in [0.15, 0.2) is 53.4 Å². The zero-order chi connectivity index (χ0) is 13.7. The second-order valence-electron chi connectivity index (χ2n) is 3.92. The topological polar surface area (TPSA) is 75.4 Å². The van der Waals surface area contributed by atoms with Crippen molar-refractivity contribution >= 4 is 29.0 Å². The summed E-state index contributed by atoms with van der Waals surface area (Å²) in [6, 6.07) is 13.8. The summed E-state index contributed by atoms with van der Waals surface area (Å²) in [7, 11) is 0. The minimum absolute atomic E-state index is 0.112. The summed E-state index contributed by atoms with van der Waals surface area (Å²) in [5, 5.41) is 11.9. The largest absolute Gasteiger partial charge is 0.508 e. The highest BCUT2D eigenvalue weighted by Gasteiger charge is 2.05. The number of amides is 1. The fourth-order valence-corrected chi connectivity index (χ4v) is 2.27. The van der Waals surface area contributed by atoms with E-state index in [0.29, 0.717) is 11.4 Å². The first kappa shape index (κ1) is 13.3. The summed E-state index contributed by atoms with van der Waals surface area (Å²) in [5.74, 6) is 0.345. The Bertz CT molecular complexity index is 570. The molecule has 0 aromatic heterocycles. The predicted octanol–water partition coefficient (Wildman–Crippen LogP) is 2.71. The highest BCUT2D eigenvalue weighted by Crippen LogP contribution is 2.24. The molecule has 0 spiro atoms. The highest BCUT2D eigenvalue weighted by atomic mass is 32.2. The van der Waals surface area contributed by atoms with Crippen LogP contribution in [0.3, 0.4) is 0 Å². The summed E-state index contributed by atoms with van der Waals surface area (Å²) < 4.78 is 0. The van der Waals surface area contributed by atoms with Gasteiger partial charge >= 0.3 is 0 Å². The van der Waals surface area contributed by atoms with Crippen LogP contribution in [0.1, 0.15) is 0 Å². The molecule has 0 bridgehead atoms. The van der Waals surface area contributed by atoms with Crippen LogP contribution in [0.4, 0.5) is 11.4 Å². The molecule has 0 saturated carbocycles. The summed E-state index contributed by atoms with van der Waals surface area (Å²) >= 11 is 1.39. The Kier molecular flexibility index (Phi) is 4.30. The number of benzene rings is 2. The fraction of sp³-hybridized carbons (Fsp3) is 0.0714. The smallest absolute Gasteiger partial charge is 0.234 e. The van der Waals surface area contributed by atoms with Gasteiger partial charge in [0.2, 0.25) is 5.91 Å². The van der Waals surface area contributed by atoms with E-state index < -0.39 is 0 Å². The maximum absolute atomic E-state index is 11.7. The van der Waals surface area contributed by atoms with Gasteiger partial charge in [0.1, 0.15) is 5.75 Å². The Hall–Kier alpha value is -2.14. The molecule has 2 rings (SSSR count). The van der Waals surface area contributed by atoms with E-state index in [2.05, 4.69) is 5.32 Å². The van der Waals surface area contributed by atoms with Gasteiger partial charge < -0.3 is 16.2 Å². The van der Waals surface area contributed by atoms with E-state index in [1.165, 1.54) is 23.9 Å². The van der Waals surface area contributed by atoms with Crippen LogP contribution in [0.2, 0.25) is 0 Å². The lowest BCUT2D eigenvalue weighted by atomic mass is 10.3. The normalized spacial score (nSPS) is 10.1. The van der Waals surface area contributed by atoms with E-state index in [9.17, 15) is 4.79 Å². The predicted molar refractivity (Wildman–Crippen MR) is 78.3 cm³/mol. The molecule has 0 aliphatic rings. The maximum Gasteiger partial charge on any atom is 0.234 e. The molecule has 4 nitrogen and oxygen atoms in total. The average Bonchev–Trinajstić information content (AvgIpc) is 2.40. The number of para-hydroxylation sites is 1. The number of aromatic hydroxyl groups is 1. The Morgan fingerprint density at radius 3 is 2.53 bits per heavy atom. The van der Waals surface area contributed by atoms with Crippen molar-refractivity contribution in [1.29, 1.82) is 0 Å². The molecule has 0 atom stereocenters. The van der Waals surface area contributed by atoms with Crippen molar-refractivity contribution in [2.24, 2.45) is 0 Å². The SMILES string of the molecule is Nc1ccccc1SCC(=O)Nc1ccc(O)cc1. The molecule has 0 unspecified atom stereocenters. The maximum atomic E-state index is 11.7. The molecule has 4 N–H and O–H groups in total. The number of hydrogen-bond acceptors (Lipinski definition) is 4. The number of nitrogens with one attached hydrogen (secondary N) is 1. The van der Waals surface area contributed by atoms with Crippen LogP contribution in [0, 0.1) is 0 Å². The van der Waals surface area contributed by atoms with Gasteiger partial charge in [-0.05, 0) is 36.4 Å². The molecule has 1 amide bonds. The van der Waals surface area contributed by atoms with Crippen molar-refractivity contribution in [3.63, 3.8) is 0 Å². The van der Waals surface area contributed by atoms with Crippen molar-refractivity contribution in [2.75, 3.05) is 16.8 Å². The van der Waals surface area contributed by atoms with Crippen molar-refractivity contribution in [1.82, 2.24) is 0 Å². The van der Waals surface area contributed by atoms with Gasteiger partial charge in [0, 0.05) is 16.3 Å². The van der Waals surface area contributed by atoms with Gasteiger partial charge in [-0.15, -0.1) is 11.8 Å². The zero-order valence-electron chi connectivity index (χ0n) is 10.2. The molecule has 0 heterocycles. The van der Waals surface area contributed by atoms with Crippen molar-refractivity contribution in [3.8, 4) is 5.75 Å². The molecule has 0 fully saturated rings. The molecule has 2 aromatic rings. The number of thioether (sulfide) groups is 1.